The maximum absolute atomic E-state index is 6.10. The number of rotatable bonds is 4. The molecule has 0 spiro atoms. The number of halogens is 1. The molecule has 0 aromatic heterocycles. The topological polar surface area (TPSA) is 44.5 Å². The monoisotopic (exact) mass is 243 g/mol. The zero-order valence-electron chi connectivity index (χ0n) is 10.1. The summed E-state index contributed by atoms with van der Waals surface area (Å²) in [6, 6.07) is 3.44. The number of benzene rings is 1. The molecule has 90 valence electrons. The third kappa shape index (κ3) is 3.03. The predicted octanol–water partition coefficient (Wildman–Crippen LogP) is 3.16. The van der Waals surface area contributed by atoms with Crippen LogP contribution in [0.5, 0.6) is 11.5 Å². The summed E-state index contributed by atoms with van der Waals surface area (Å²) in [5, 5.41) is 0.600. The highest BCUT2D eigenvalue weighted by Gasteiger charge is 2.13. The van der Waals surface area contributed by atoms with E-state index >= 15 is 0 Å². The summed E-state index contributed by atoms with van der Waals surface area (Å²) in [5.41, 5.74) is 6.68. The van der Waals surface area contributed by atoms with Crippen molar-refractivity contribution >= 4 is 11.6 Å². The van der Waals surface area contributed by atoms with Crippen molar-refractivity contribution in [2.45, 2.75) is 32.9 Å². The summed E-state index contributed by atoms with van der Waals surface area (Å²) in [5.74, 6) is 1.30. The fraction of sp³-hybridized carbons (Fsp3) is 0.500. The Morgan fingerprint density at radius 2 is 1.81 bits per heavy atom. The first-order valence-corrected chi connectivity index (χ1v) is 5.63. The molecule has 1 unspecified atom stereocenters. The van der Waals surface area contributed by atoms with Gasteiger partial charge in [0.2, 0.25) is 0 Å². The minimum atomic E-state index is -0.132. The van der Waals surface area contributed by atoms with Crippen LogP contribution in [-0.4, -0.2) is 13.2 Å². The van der Waals surface area contributed by atoms with Gasteiger partial charge < -0.3 is 15.2 Å². The van der Waals surface area contributed by atoms with Crippen molar-refractivity contribution in [2.75, 3.05) is 7.11 Å². The van der Waals surface area contributed by atoms with E-state index in [1.165, 1.54) is 0 Å². The van der Waals surface area contributed by atoms with Crippen LogP contribution in [0.1, 0.15) is 32.4 Å². The molecule has 2 N–H and O–H groups in total. The van der Waals surface area contributed by atoms with Crippen LogP contribution >= 0.6 is 11.6 Å². The smallest absolute Gasteiger partial charge is 0.162 e. The number of methoxy groups -OCH3 is 1. The minimum absolute atomic E-state index is 0.0796. The lowest BCUT2D eigenvalue weighted by molar-refractivity contribution is 0.230. The zero-order valence-corrected chi connectivity index (χ0v) is 10.8. The van der Waals surface area contributed by atoms with E-state index in [0.29, 0.717) is 16.5 Å². The van der Waals surface area contributed by atoms with Crippen LogP contribution in [0.2, 0.25) is 5.02 Å². The molecule has 4 heteroatoms. The molecule has 0 fully saturated rings. The van der Waals surface area contributed by atoms with E-state index in [0.717, 1.165) is 5.56 Å². The van der Waals surface area contributed by atoms with Crippen LogP contribution in [0.4, 0.5) is 0 Å². The van der Waals surface area contributed by atoms with Crippen LogP contribution in [0.25, 0.3) is 0 Å². The molecule has 16 heavy (non-hydrogen) atoms. The highest BCUT2D eigenvalue weighted by Crippen LogP contribution is 2.35. The Morgan fingerprint density at radius 3 is 2.25 bits per heavy atom. The van der Waals surface area contributed by atoms with E-state index in [9.17, 15) is 0 Å². The van der Waals surface area contributed by atoms with Crippen molar-refractivity contribution in [3.8, 4) is 11.5 Å². The fourth-order valence-corrected chi connectivity index (χ4v) is 1.73. The summed E-state index contributed by atoms with van der Waals surface area (Å²) in [6.07, 6.45) is 0.0796. The summed E-state index contributed by atoms with van der Waals surface area (Å²) >= 11 is 6.10. The summed E-state index contributed by atoms with van der Waals surface area (Å²) in [6.45, 7) is 5.80. The van der Waals surface area contributed by atoms with Crippen molar-refractivity contribution in [3.63, 3.8) is 0 Å². The highest BCUT2D eigenvalue weighted by molar-refractivity contribution is 6.31. The first-order valence-electron chi connectivity index (χ1n) is 5.25. The molecule has 0 radical (unpaired) electrons. The van der Waals surface area contributed by atoms with E-state index in [-0.39, 0.29) is 12.1 Å². The second kappa shape index (κ2) is 5.41. The molecule has 1 rings (SSSR count). The molecule has 0 aliphatic rings. The second-order valence-corrected chi connectivity index (χ2v) is 4.39. The Hall–Kier alpha value is -0.930. The van der Waals surface area contributed by atoms with Gasteiger partial charge in [0.25, 0.3) is 0 Å². The second-order valence-electron chi connectivity index (χ2n) is 3.98. The highest BCUT2D eigenvalue weighted by atomic mass is 35.5. The Morgan fingerprint density at radius 1 is 1.19 bits per heavy atom. The average molecular weight is 244 g/mol. The molecule has 1 aromatic carbocycles. The van der Waals surface area contributed by atoms with Gasteiger partial charge in [0.1, 0.15) is 0 Å². The third-order valence-electron chi connectivity index (χ3n) is 2.14. The Bertz CT molecular complexity index is 364. The lowest BCUT2D eigenvalue weighted by atomic mass is 10.1. The first kappa shape index (κ1) is 13.1. The number of ether oxygens (including phenoxy) is 2. The van der Waals surface area contributed by atoms with Crippen molar-refractivity contribution in [2.24, 2.45) is 5.73 Å². The Kier molecular flexibility index (Phi) is 4.44. The molecular formula is C12H18ClNO2. The lowest BCUT2D eigenvalue weighted by Crippen LogP contribution is -2.10. The standard InChI is InChI=1S/C12H18ClNO2/c1-7(2)16-12-5-9(8(3)14)10(13)6-11(12)15-4/h5-8H,14H2,1-4H3. The van der Waals surface area contributed by atoms with Crippen molar-refractivity contribution in [1.29, 1.82) is 0 Å². The molecule has 0 saturated heterocycles. The SMILES string of the molecule is COc1cc(Cl)c(C(C)N)cc1OC(C)C. The number of hydrogen-bond donors (Lipinski definition) is 1. The fourth-order valence-electron chi connectivity index (χ4n) is 1.41. The van der Waals surface area contributed by atoms with E-state index < -0.39 is 0 Å². The Balaban J connectivity index is 3.17. The van der Waals surface area contributed by atoms with Crippen LogP contribution in [0.15, 0.2) is 12.1 Å². The van der Waals surface area contributed by atoms with Gasteiger partial charge in [0.15, 0.2) is 11.5 Å². The van der Waals surface area contributed by atoms with Crippen molar-refractivity contribution in [3.05, 3.63) is 22.7 Å². The van der Waals surface area contributed by atoms with Crippen LogP contribution < -0.4 is 15.2 Å². The molecule has 0 amide bonds. The molecular weight excluding hydrogens is 226 g/mol. The van der Waals surface area contributed by atoms with Gasteiger partial charge in [-0.15, -0.1) is 0 Å². The predicted molar refractivity (Wildman–Crippen MR) is 66.4 cm³/mol. The molecule has 1 atom stereocenters. The van der Waals surface area contributed by atoms with Gasteiger partial charge in [0.05, 0.1) is 13.2 Å². The summed E-state index contributed by atoms with van der Waals surface area (Å²) < 4.78 is 10.9. The number of hydrogen-bond acceptors (Lipinski definition) is 3. The van der Waals surface area contributed by atoms with Gasteiger partial charge in [-0.3, -0.25) is 0 Å². The van der Waals surface area contributed by atoms with E-state index in [2.05, 4.69) is 0 Å². The van der Waals surface area contributed by atoms with Crippen molar-refractivity contribution in [1.82, 2.24) is 0 Å². The van der Waals surface area contributed by atoms with Crippen LogP contribution in [-0.2, 0) is 0 Å². The first-order chi connectivity index (χ1) is 7.45. The lowest BCUT2D eigenvalue weighted by Gasteiger charge is -2.17. The minimum Gasteiger partial charge on any atom is -0.493 e. The van der Waals surface area contributed by atoms with E-state index in [1.807, 2.05) is 26.8 Å². The van der Waals surface area contributed by atoms with E-state index in [1.54, 1.807) is 13.2 Å². The van der Waals surface area contributed by atoms with Crippen LogP contribution in [0.3, 0.4) is 0 Å². The quantitative estimate of drug-likeness (QED) is 0.884. The molecule has 1 aromatic rings. The van der Waals surface area contributed by atoms with Gasteiger partial charge in [-0.1, -0.05) is 11.6 Å². The molecule has 0 aliphatic carbocycles. The summed E-state index contributed by atoms with van der Waals surface area (Å²) in [7, 11) is 1.59. The van der Waals surface area contributed by atoms with Crippen molar-refractivity contribution < 1.29 is 9.47 Å². The van der Waals surface area contributed by atoms with Gasteiger partial charge in [-0.05, 0) is 32.4 Å². The molecule has 3 nitrogen and oxygen atoms in total. The molecule has 0 heterocycles. The van der Waals surface area contributed by atoms with E-state index in [4.69, 9.17) is 26.8 Å². The average Bonchev–Trinajstić information content (AvgIpc) is 2.18. The molecule has 0 bridgehead atoms. The third-order valence-corrected chi connectivity index (χ3v) is 2.46. The zero-order chi connectivity index (χ0) is 12.3. The van der Waals surface area contributed by atoms with Gasteiger partial charge in [0, 0.05) is 17.1 Å². The molecule has 0 aliphatic heterocycles. The Labute approximate surface area is 101 Å². The van der Waals surface area contributed by atoms with Gasteiger partial charge in [-0.25, -0.2) is 0 Å². The normalized spacial score (nSPS) is 12.7. The van der Waals surface area contributed by atoms with Gasteiger partial charge in [-0.2, -0.15) is 0 Å². The molecule has 0 saturated carbocycles. The van der Waals surface area contributed by atoms with Gasteiger partial charge >= 0.3 is 0 Å². The maximum atomic E-state index is 6.10. The number of nitrogens with two attached hydrogens (primary N) is 1. The maximum Gasteiger partial charge on any atom is 0.162 e. The largest absolute Gasteiger partial charge is 0.493 e. The van der Waals surface area contributed by atoms with Crippen LogP contribution in [0, 0.1) is 0 Å². The summed E-state index contributed by atoms with van der Waals surface area (Å²) in [4.78, 5) is 0.